The summed E-state index contributed by atoms with van der Waals surface area (Å²) in [6, 6.07) is 11.2. The highest BCUT2D eigenvalue weighted by Gasteiger charge is 2.19. The van der Waals surface area contributed by atoms with Crippen LogP contribution < -0.4 is 24.7 Å². The summed E-state index contributed by atoms with van der Waals surface area (Å²) in [5.74, 6) is 2.71. The maximum atomic E-state index is 6.41. The number of ether oxygens (including phenoxy) is 4. The van der Waals surface area contributed by atoms with Crippen molar-refractivity contribution in [1.29, 1.82) is 0 Å². The molecule has 0 aliphatic rings. The second-order valence-corrected chi connectivity index (χ2v) is 5.05. The maximum absolute atomic E-state index is 6.41. The molecule has 23 heavy (non-hydrogen) atoms. The van der Waals surface area contributed by atoms with E-state index in [-0.39, 0.29) is 6.04 Å². The third kappa shape index (κ3) is 3.51. The Kier molecular flexibility index (Phi) is 5.71. The molecule has 0 bridgehead atoms. The van der Waals surface area contributed by atoms with Gasteiger partial charge in [0.1, 0.15) is 0 Å². The van der Waals surface area contributed by atoms with Gasteiger partial charge in [-0.05, 0) is 24.1 Å². The molecule has 5 nitrogen and oxygen atoms in total. The lowest BCUT2D eigenvalue weighted by Gasteiger charge is -2.19. The Labute approximate surface area is 136 Å². The van der Waals surface area contributed by atoms with E-state index in [1.807, 2.05) is 36.4 Å². The fourth-order valence-corrected chi connectivity index (χ4v) is 2.67. The van der Waals surface area contributed by atoms with Crippen molar-refractivity contribution in [2.75, 3.05) is 28.4 Å². The highest BCUT2D eigenvalue weighted by atomic mass is 16.5. The molecule has 2 aromatic rings. The molecule has 1 atom stereocenters. The molecule has 0 spiro atoms. The number of para-hydroxylation sites is 2. The van der Waals surface area contributed by atoms with Crippen molar-refractivity contribution in [3.8, 4) is 23.0 Å². The van der Waals surface area contributed by atoms with E-state index in [0.717, 1.165) is 11.1 Å². The van der Waals surface area contributed by atoms with Gasteiger partial charge in [0.05, 0.1) is 28.4 Å². The van der Waals surface area contributed by atoms with Crippen molar-refractivity contribution in [3.63, 3.8) is 0 Å². The van der Waals surface area contributed by atoms with E-state index in [1.165, 1.54) is 0 Å². The molecule has 124 valence electrons. The van der Waals surface area contributed by atoms with E-state index >= 15 is 0 Å². The maximum Gasteiger partial charge on any atom is 0.165 e. The molecule has 2 aromatic carbocycles. The van der Waals surface area contributed by atoms with Crippen LogP contribution in [0.1, 0.15) is 17.2 Å². The van der Waals surface area contributed by atoms with Crippen LogP contribution in [0.2, 0.25) is 0 Å². The quantitative estimate of drug-likeness (QED) is 0.850. The molecule has 0 saturated heterocycles. The largest absolute Gasteiger partial charge is 0.493 e. The molecule has 0 aliphatic carbocycles. The molecule has 0 radical (unpaired) electrons. The minimum absolute atomic E-state index is 0.263. The number of nitrogens with two attached hydrogens (primary N) is 1. The number of methoxy groups -OCH3 is 4. The fourth-order valence-electron chi connectivity index (χ4n) is 2.67. The molecule has 0 aromatic heterocycles. The Balaban J connectivity index is 2.35. The van der Waals surface area contributed by atoms with Crippen molar-refractivity contribution >= 4 is 0 Å². The Hall–Kier alpha value is -2.40. The lowest BCUT2D eigenvalue weighted by molar-refractivity contribution is 0.346. The number of rotatable bonds is 7. The first kappa shape index (κ1) is 17.0. The van der Waals surface area contributed by atoms with Gasteiger partial charge in [0.15, 0.2) is 23.0 Å². The Morgan fingerprint density at radius 3 is 1.91 bits per heavy atom. The van der Waals surface area contributed by atoms with Crippen molar-refractivity contribution < 1.29 is 18.9 Å². The average Bonchev–Trinajstić information content (AvgIpc) is 2.60. The zero-order chi connectivity index (χ0) is 16.8. The number of hydrogen-bond donors (Lipinski definition) is 1. The van der Waals surface area contributed by atoms with E-state index in [1.54, 1.807) is 28.4 Å². The van der Waals surface area contributed by atoms with Gasteiger partial charge in [-0.25, -0.2) is 0 Å². The van der Waals surface area contributed by atoms with Crippen molar-refractivity contribution in [1.82, 2.24) is 0 Å². The minimum Gasteiger partial charge on any atom is -0.493 e. The summed E-state index contributed by atoms with van der Waals surface area (Å²) in [7, 11) is 6.46. The smallest absolute Gasteiger partial charge is 0.165 e. The third-order valence-corrected chi connectivity index (χ3v) is 3.76. The molecular formula is C18H23NO4. The van der Waals surface area contributed by atoms with Crippen LogP contribution in [0.4, 0.5) is 0 Å². The average molecular weight is 317 g/mol. The molecule has 2 rings (SSSR count). The van der Waals surface area contributed by atoms with E-state index in [0.29, 0.717) is 29.4 Å². The van der Waals surface area contributed by atoms with Crippen molar-refractivity contribution in [2.45, 2.75) is 12.5 Å². The van der Waals surface area contributed by atoms with E-state index in [2.05, 4.69) is 0 Å². The van der Waals surface area contributed by atoms with Gasteiger partial charge in [0.25, 0.3) is 0 Å². The standard InChI is InChI=1S/C18H23NO4/c1-20-15-9-5-7-12(17(15)22-3)11-14(19)13-8-6-10-16(21-2)18(13)23-4/h5-10,14H,11,19H2,1-4H3. The lowest BCUT2D eigenvalue weighted by Crippen LogP contribution is -2.15. The second-order valence-electron chi connectivity index (χ2n) is 5.05. The topological polar surface area (TPSA) is 62.9 Å². The van der Waals surface area contributed by atoms with Crippen LogP contribution in [0.25, 0.3) is 0 Å². The first-order valence-electron chi connectivity index (χ1n) is 7.32. The van der Waals surface area contributed by atoms with Gasteiger partial charge >= 0.3 is 0 Å². The minimum atomic E-state index is -0.263. The van der Waals surface area contributed by atoms with E-state index in [9.17, 15) is 0 Å². The first-order chi connectivity index (χ1) is 11.2. The van der Waals surface area contributed by atoms with Gasteiger partial charge in [-0.15, -0.1) is 0 Å². The summed E-state index contributed by atoms with van der Waals surface area (Å²) in [4.78, 5) is 0. The van der Waals surface area contributed by atoms with Gasteiger partial charge in [0.2, 0.25) is 0 Å². The monoisotopic (exact) mass is 317 g/mol. The highest BCUT2D eigenvalue weighted by molar-refractivity contribution is 5.50. The van der Waals surface area contributed by atoms with Gasteiger partial charge in [0, 0.05) is 11.6 Å². The van der Waals surface area contributed by atoms with Crippen LogP contribution in [0.15, 0.2) is 36.4 Å². The Bertz CT molecular complexity index is 657. The summed E-state index contributed by atoms with van der Waals surface area (Å²) in [5, 5.41) is 0. The summed E-state index contributed by atoms with van der Waals surface area (Å²) in [6.45, 7) is 0. The summed E-state index contributed by atoms with van der Waals surface area (Å²) < 4.78 is 21.6. The first-order valence-corrected chi connectivity index (χ1v) is 7.32. The molecular weight excluding hydrogens is 294 g/mol. The third-order valence-electron chi connectivity index (χ3n) is 3.76. The molecule has 5 heteroatoms. The van der Waals surface area contributed by atoms with Gasteiger partial charge in [-0.3, -0.25) is 0 Å². The van der Waals surface area contributed by atoms with Crippen LogP contribution in [-0.4, -0.2) is 28.4 Å². The Morgan fingerprint density at radius 2 is 1.35 bits per heavy atom. The SMILES string of the molecule is COc1cccc(CC(N)c2cccc(OC)c2OC)c1OC. The fraction of sp³-hybridized carbons (Fsp3) is 0.333. The molecule has 0 heterocycles. The molecule has 2 N–H and O–H groups in total. The van der Waals surface area contributed by atoms with Crippen LogP contribution in [0, 0.1) is 0 Å². The molecule has 0 saturated carbocycles. The predicted octanol–water partition coefficient (Wildman–Crippen LogP) is 2.96. The molecule has 1 unspecified atom stereocenters. The summed E-state index contributed by atoms with van der Waals surface area (Å²) >= 11 is 0. The van der Waals surface area contributed by atoms with Crippen molar-refractivity contribution in [3.05, 3.63) is 47.5 Å². The summed E-state index contributed by atoms with van der Waals surface area (Å²) in [5.41, 5.74) is 8.27. The molecule has 0 amide bonds. The van der Waals surface area contributed by atoms with Gasteiger partial charge < -0.3 is 24.7 Å². The normalized spacial score (nSPS) is 11.7. The van der Waals surface area contributed by atoms with Crippen LogP contribution in [0.3, 0.4) is 0 Å². The highest BCUT2D eigenvalue weighted by Crippen LogP contribution is 2.37. The van der Waals surface area contributed by atoms with Crippen molar-refractivity contribution in [2.24, 2.45) is 5.73 Å². The summed E-state index contributed by atoms with van der Waals surface area (Å²) in [6.07, 6.45) is 0.587. The van der Waals surface area contributed by atoms with Crippen LogP contribution in [-0.2, 0) is 6.42 Å². The molecule has 0 aliphatic heterocycles. The number of hydrogen-bond acceptors (Lipinski definition) is 5. The Morgan fingerprint density at radius 1 is 0.783 bits per heavy atom. The molecule has 0 fully saturated rings. The van der Waals surface area contributed by atoms with E-state index in [4.69, 9.17) is 24.7 Å². The van der Waals surface area contributed by atoms with Crippen LogP contribution >= 0.6 is 0 Å². The zero-order valence-electron chi connectivity index (χ0n) is 14.0. The van der Waals surface area contributed by atoms with Crippen LogP contribution in [0.5, 0.6) is 23.0 Å². The second kappa shape index (κ2) is 7.74. The van der Waals surface area contributed by atoms with Gasteiger partial charge in [-0.2, -0.15) is 0 Å². The predicted molar refractivity (Wildman–Crippen MR) is 89.7 cm³/mol. The van der Waals surface area contributed by atoms with Gasteiger partial charge in [-0.1, -0.05) is 24.3 Å². The number of benzene rings is 2. The zero-order valence-corrected chi connectivity index (χ0v) is 14.0. The lowest BCUT2D eigenvalue weighted by atomic mass is 9.97. The van der Waals surface area contributed by atoms with E-state index < -0.39 is 0 Å².